The number of piperazine rings is 1. The number of hydrogen-bond donors (Lipinski definition) is 1. The summed E-state index contributed by atoms with van der Waals surface area (Å²) in [4.78, 5) is 5.45. The van der Waals surface area contributed by atoms with Crippen LogP contribution in [0.3, 0.4) is 0 Å². The molecule has 1 unspecified atom stereocenters. The maximum absolute atomic E-state index is 5.80. The Morgan fingerprint density at radius 3 is 2.16 bits per heavy atom. The fraction of sp³-hybridized carbons (Fsp3) is 1.00. The Morgan fingerprint density at radius 1 is 0.880 bits per heavy atom. The van der Waals surface area contributed by atoms with Crippen LogP contribution in [0.15, 0.2) is 0 Å². The molecule has 1 N–H and O–H groups in total. The second-order valence-corrected chi connectivity index (χ2v) is 8.45. The lowest BCUT2D eigenvalue weighted by atomic mass is 9.67. The van der Waals surface area contributed by atoms with Crippen LogP contribution in [-0.2, 0) is 4.74 Å². The SMILES string of the molecule is C1COC(CN2CCN(C3CCC4(CCNCC4)CC3)CC2)C1.Cl.Cl. The van der Waals surface area contributed by atoms with Crippen molar-refractivity contribution in [3.63, 3.8) is 0 Å². The van der Waals surface area contributed by atoms with Crippen LogP contribution in [0.4, 0.5) is 0 Å². The highest BCUT2D eigenvalue weighted by Gasteiger charge is 2.38. The van der Waals surface area contributed by atoms with Crippen LogP contribution in [0.25, 0.3) is 0 Å². The third kappa shape index (κ3) is 5.46. The lowest BCUT2D eigenvalue weighted by Gasteiger charge is -2.47. The highest BCUT2D eigenvalue weighted by Crippen LogP contribution is 2.44. The maximum atomic E-state index is 5.80. The molecular weight excluding hydrogens is 357 g/mol. The van der Waals surface area contributed by atoms with E-state index in [0.29, 0.717) is 11.5 Å². The van der Waals surface area contributed by atoms with E-state index in [1.165, 1.54) is 97.2 Å². The zero-order valence-electron chi connectivity index (χ0n) is 15.6. The van der Waals surface area contributed by atoms with Crippen LogP contribution >= 0.6 is 24.8 Å². The van der Waals surface area contributed by atoms with Gasteiger partial charge in [-0.1, -0.05) is 0 Å². The van der Waals surface area contributed by atoms with Crippen LogP contribution in [0, 0.1) is 5.41 Å². The summed E-state index contributed by atoms with van der Waals surface area (Å²) in [5, 5.41) is 3.54. The van der Waals surface area contributed by atoms with Gasteiger partial charge in [0.05, 0.1) is 6.10 Å². The van der Waals surface area contributed by atoms with Gasteiger partial charge in [0.2, 0.25) is 0 Å². The highest BCUT2D eigenvalue weighted by atomic mass is 35.5. The Labute approximate surface area is 166 Å². The molecule has 1 spiro atoms. The van der Waals surface area contributed by atoms with Gasteiger partial charge in [-0.2, -0.15) is 0 Å². The molecule has 4 nitrogen and oxygen atoms in total. The molecule has 4 fully saturated rings. The minimum Gasteiger partial charge on any atom is -0.377 e. The van der Waals surface area contributed by atoms with Gasteiger partial charge in [0.1, 0.15) is 0 Å². The molecule has 3 saturated heterocycles. The molecule has 1 atom stereocenters. The summed E-state index contributed by atoms with van der Waals surface area (Å²) in [6.07, 6.45) is 11.8. The van der Waals surface area contributed by atoms with Gasteiger partial charge in [0.25, 0.3) is 0 Å². The van der Waals surface area contributed by atoms with E-state index >= 15 is 0 Å². The van der Waals surface area contributed by atoms with Gasteiger partial charge in [-0.25, -0.2) is 0 Å². The molecule has 0 aromatic carbocycles. The van der Waals surface area contributed by atoms with Gasteiger partial charge in [0.15, 0.2) is 0 Å². The van der Waals surface area contributed by atoms with E-state index in [-0.39, 0.29) is 24.8 Å². The molecule has 6 heteroatoms. The van der Waals surface area contributed by atoms with E-state index in [1.54, 1.807) is 0 Å². The molecule has 0 radical (unpaired) electrons. The van der Waals surface area contributed by atoms with Gasteiger partial charge >= 0.3 is 0 Å². The van der Waals surface area contributed by atoms with Crippen molar-refractivity contribution in [1.29, 1.82) is 0 Å². The predicted molar refractivity (Wildman–Crippen MR) is 108 cm³/mol. The van der Waals surface area contributed by atoms with Crippen molar-refractivity contribution in [3.8, 4) is 0 Å². The molecule has 0 amide bonds. The molecule has 148 valence electrons. The number of ether oxygens (including phenoxy) is 1. The van der Waals surface area contributed by atoms with E-state index in [2.05, 4.69) is 15.1 Å². The van der Waals surface area contributed by atoms with E-state index in [9.17, 15) is 0 Å². The molecule has 1 saturated carbocycles. The average molecular weight is 394 g/mol. The second kappa shape index (κ2) is 10.1. The van der Waals surface area contributed by atoms with Crippen molar-refractivity contribution in [1.82, 2.24) is 15.1 Å². The zero-order chi connectivity index (χ0) is 15.5. The normalized spacial score (nSPS) is 31.4. The largest absolute Gasteiger partial charge is 0.377 e. The first-order valence-electron chi connectivity index (χ1n) is 10.1. The average Bonchev–Trinajstić information content (AvgIpc) is 3.10. The van der Waals surface area contributed by atoms with Crippen LogP contribution in [0.2, 0.25) is 0 Å². The van der Waals surface area contributed by atoms with Crippen molar-refractivity contribution in [2.75, 3.05) is 52.4 Å². The molecule has 3 aliphatic heterocycles. The molecule has 4 rings (SSSR count). The van der Waals surface area contributed by atoms with Crippen molar-refractivity contribution in [2.24, 2.45) is 5.41 Å². The van der Waals surface area contributed by atoms with E-state index in [4.69, 9.17) is 4.74 Å². The van der Waals surface area contributed by atoms with Crippen molar-refractivity contribution >= 4 is 24.8 Å². The van der Waals surface area contributed by atoms with E-state index < -0.39 is 0 Å². The van der Waals surface area contributed by atoms with Crippen molar-refractivity contribution in [2.45, 2.75) is 63.5 Å². The topological polar surface area (TPSA) is 27.7 Å². The fourth-order valence-corrected chi connectivity index (χ4v) is 5.42. The first-order chi connectivity index (χ1) is 11.3. The van der Waals surface area contributed by atoms with Gasteiger partial charge < -0.3 is 10.1 Å². The Kier molecular flexibility index (Phi) is 8.77. The number of nitrogens with zero attached hydrogens (tertiary/aromatic N) is 2. The number of hydrogen-bond acceptors (Lipinski definition) is 4. The fourth-order valence-electron chi connectivity index (χ4n) is 5.42. The Morgan fingerprint density at radius 2 is 1.56 bits per heavy atom. The standard InChI is InChI=1S/C19H35N3O.2ClH/c1-2-18(23-15-1)16-21-11-13-22(14-12-21)17-3-5-19(6-4-17)7-9-20-10-8-19;;/h17-18,20H,1-16H2;2*1H. The monoisotopic (exact) mass is 393 g/mol. The minimum atomic E-state index is 0. The Hall–Kier alpha value is 0.420. The number of halogens is 2. The number of piperidine rings is 1. The molecule has 0 aromatic heterocycles. The van der Waals surface area contributed by atoms with Crippen molar-refractivity contribution < 1.29 is 4.74 Å². The number of nitrogens with one attached hydrogen (secondary N) is 1. The first kappa shape index (κ1) is 21.7. The Bertz CT molecular complexity index is 369. The summed E-state index contributed by atoms with van der Waals surface area (Å²) >= 11 is 0. The lowest BCUT2D eigenvalue weighted by molar-refractivity contribution is 0.0175. The van der Waals surface area contributed by atoms with Crippen LogP contribution < -0.4 is 5.32 Å². The van der Waals surface area contributed by atoms with E-state index in [1.807, 2.05) is 0 Å². The van der Waals surface area contributed by atoms with Gasteiger partial charge in [-0.3, -0.25) is 9.80 Å². The molecular formula is C19H37Cl2N3O. The molecule has 4 aliphatic rings. The number of rotatable bonds is 3. The van der Waals surface area contributed by atoms with Crippen LogP contribution in [-0.4, -0.2) is 74.4 Å². The third-order valence-corrected chi connectivity index (χ3v) is 7.09. The summed E-state index contributed by atoms with van der Waals surface area (Å²) in [7, 11) is 0. The summed E-state index contributed by atoms with van der Waals surface area (Å²) in [5.41, 5.74) is 0.712. The Balaban J connectivity index is 0.00000113. The first-order valence-corrected chi connectivity index (χ1v) is 10.1. The molecule has 1 aliphatic carbocycles. The van der Waals surface area contributed by atoms with Gasteiger partial charge in [-0.05, 0) is 69.9 Å². The minimum absolute atomic E-state index is 0. The molecule has 25 heavy (non-hydrogen) atoms. The quantitative estimate of drug-likeness (QED) is 0.797. The van der Waals surface area contributed by atoms with Crippen molar-refractivity contribution in [3.05, 3.63) is 0 Å². The molecule has 0 bridgehead atoms. The second-order valence-electron chi connectivity index (χ2n) is 8.45. The van der Waals surface area contributed by atoms with E-state index in [0.717, 1.165) is 12.6 Å². The van der Waals surface area contributed by atoms with Crippen LogP contribution in [0.1, 0.15) is 51.4 Å². The summed E-state index contributed by atoms with van der Waals surface area (Å²) in [6, 6.07) is 0.875. The maximum Gasteiger partial charge on any atom is 0.0702 e. The molecule has 0 aromatic rings. The molecule has 3 heterocycles. The highest BCUT2D eigenvalue weighted by molar-refractivity contribution is 5.85. The van der Waals surface area contributed by atoms with Gasteiger partial charge in [0, 0.05) is 45.4 Å². The van der Waals surface area contributed by atoms with Crippen LogP contribution in [0.5, 0.6) is 0 Å². The zero-order valence-corrected chi connectivity index (χ0v) is 17.2. The summed E-state index contributed by atoms with van der Waals surface area (Å²) in [6.45, 7) is 9.76. The lowest BCUT2D eigenvalue weighted by Crippen LogP contribution is -2.53. The summed E-state index contributed by atoms with van der Waals surface area (Å²) < 4.78 is 5.80. The smallest absolute Gasteiger partial charge is 0.0702 e. The third-order valence-electron chi connectivity index (χ3n) is 7.09. The predicted octanol–water partition coefficient (Wildman–Crippen LogP) is 2.94. The van der Waals surface area contributed by atoms with Gasteiger partial charge in [-0.15, -0.1) is 24.8 Å². The summed E-state index contributed by atoms with van der Waals surface area (Å²) in [5.74, 6) is 0.